The number of nitrogens with zero attached hydrogens (tertiary/aromatic N) is 3. The quantitative estimate of drug-likeness (QED) is 0.651. The molecule has 4 heterocycles. The third-order valence-corrected chi connectivity index (χ3v) is 5.47. The maximum atomic E-state index is 14.7. The molecule has 0 spiro atoms. The first-order valence-corrected chi connectivity index (χ1v) is 10.3. The van der Waals surface area contributed by atoms with Gasteiger partial charge in [-0.1, -0.05) is 0 Å². The number of anilines is 2. The van der Waals surface area contributed by atoms with Crippen molar-refractivity contribution < 1.29 is 27.9 Å². The topological polar surface area (TPSA) is 97.1 Å². The molecule has 166 valence electrons. The predicted molar refractivity (Wildman–Crippen MR) is 113 cm³/mol. The number of amides is 2. The SMILES string of the molecule is O=C(NC[C@H]1CN(c2ccc(N3CCOCC3)c(F)c2)C(=O)O1)c1cc2ncccc2o1. The molecular formula is C22H21FN4O5. The van der Waals surface area contributed by atoms with Crippen molar-refractivity contribution in [3.63, 3.8) is 0 Å². The Morgan fingerprint density at radius 1 is 1.22 bits per heavy atom. The number of aromatic nitrogens is 1. The largest absolute Gasteiger partial charge is 0.449 e. The van der Waals surface area contributed by atoms with Gasteiger partial charge < -0.3 is 24.1 Å². The minimum absolute atomic E-state index is 0.0971. The molecule has 2 aliphatic heterocycles. The summed E-state index contributed by atoms with van der Waals surface area (Å²) in [5.41, 5.74) is 1.98. The normalized spacial score (nSPS) is 18.8. The van der Waals surface area contributed by atoms with Gasteiger partial charge in [0, 0.05) is 25.4 Å². The Hall–Kier alpha value is -3.66. The van der Waals surface area contributed by atoms with Gasteiger partial charge in [0.25, 0.3) is 5.91 Å². The molecule has 2 saturated heterocycles. The standard InChI is InChI=1S/C22H21FN4O5/c23-16-10-14(3-4-18(16)26-6-8-30-9-7-26)27-13-15(31-22(27)29)12-25-21(28)20-11-17-19(32-20)2-1-5-24-17/h1-5,10-11,15H,6-9,12-13H2,(H,25,28)/t15-/m0/s1. The van der Waals surface area contributed by atoms with Crippen LogP contribution in [0.1, 0.15) is 10.6 Å². The lowest BCUT2D eigenvalue weighted by atomic mass is 10.2. The molecule has 2 fully saturated rings. The number of ether oxygens (including phenoxy) is 2. The number of morpholine rings is 1. The molecule has 0 radical (unpaired) electrons. The average Bonchev–Trinajstić information content (AvgIpc) is 3.41. The molecule has 5 rings (SSSR count). The predicted octanol–water partition coefficient (Wildman–Crippen LogP) is 2.56. The first kappa shape index (κ1) is 20.3. The molecule has 32 heavy (non-hydrogen) atoms. The van der Waals surface area contributed by atoms with Gasteiger partial charge in [-0.25, -0.2) is 9.18 Å². The fourth-order valence-electron chi connectivity index (χ4n) is 3.84. The van der Waals surface area contributed by atoms with E-state index in [2.05, 4.69) is 10.3 Å². The van der Waals surface area contributed by atoms with Crippen LogP contribution in [0.2, 0.25) is 0 Å². The summed E-state index contributed by atoms with van der Waals surface area (Å²) in [5.74, 6) is -0.716. The first-order valence-electron chi connectivity index (χ1n) is 10.3. The van der Waals surface area contributed by atoms with E-state index in [0.717, 1.165) is 0 Å². The summed E-state index contributed by atoms with van der Waals surface area (Å²) in [6, 6.07) is 9.67. The molecule has 1 N–H and O–H groups in total. The lowest BCUT2D eigenvalue weighted by Crippen LogP contribution is -2.37. The van der Waals surface area contributed by atoms with Crippen LogP contribution in [0.15, 0.2) is 47.0 Å². The van der Waals surface area contributed by atoms with Crippen LogP contribution in [0.3, 0.4) is 0 Å². The van der Waals surface area contributed by atoms with Gasteiger partial charge in [0.15, 0.2) is 11.3 Å². The van der Waals surface area contributed by atoms with Crippen molar-refractivity contribution in [2.24, 2.45) is 0 Å². The van der Waals surface area contributed by atoms with Crippen molar-refractivity contribution in [1.29, 1.82) is 0 Å². The zero-order valence-electron chi connectivity index (χ0n) is 17.1. The molecule has 10 heteroatoms. The lowest BCUT2D eigenvalue weighted by molar-refractivity contribution is 0.0891. The number of furan rings is 1. The minimum Gasteiger partial charge on any atom is -0.449 e. The Labute approximate surface area is 182 Å². The molecule has 2 aliphatic rings. The molecule has 2 aromatic heterocycles. The number of hydrogen-bond donors (Lipinski definition) is 1. The maximum absolute atomic E-state index is 14.7. The van der Waals surface area contributed by atoms with Gasteiger partial charge >= 0.3 is 6.09 Å². The van der Waals surface area contributed by atoms with Gasteiger partial charge in [-0.3, -0.25) is 14.7 Å². The van der Waals surface area contributed by atoms with Crippen LogP contribution in [-0.4, -0.2) is 62.5 Å². The second kappa shape index (κ2) is 8.46. The Morgan fingerprint density at radius 2 is 2.06 bits per heavy atom. The molecule has 0 bridgehead atoms. The number of carbonyl (C=O) groups excluding carboxylic acids is 2. The maximum Gasteiger partial charge on any atom is 0.414 e. The van der Waals surface area contributed by atoms with Crippen molar-refractivity contribution in [2.75, 3.05) is 49.2 Å². The van der Waals surface area contributed by atoms with Crippen LogP contribution >= 0.6 is 0 Å². The molecule has 0 aliphatic carbocycles. The van der Waals surface area contributed by atoms with E-state index in [0.29, 0.717) is 48.8 Å². The summed E-state index contributed by atoms with van der Waals surface area (Å²) in [5, 5.41) is 2.70. The van der Waals surface area contributed by atoms with Crippen LogP contribution in [0.5, 0.6) is 0 Å². The van der Waals surface area contributed by atoms with Crippen LogP contribution < -0.4 is 15.1 Å². The molecule has 0 saturated carbocycles. The van der Waals surface area contributed by atoms with Crippen LogP contribution in [0, 0.1) is 5.82 Å². The van der Waals surface area contributed by atoms with Gasteiger partial charge in [-0.15, -0.1) is 0 Å². The van der Waals surface area contributed by atoms with Crippen molar-refractivity contribution in [3.05, 3.63) is 54.2 Å². The number of carbonyl (C=O) groups is 2. The summed E-state index contributed by atoms with van der Waals surface area (Å²) in [6.45, 7) is 2.63. The van der Waals surface area contributed by atoms with Gasteiger partial charge in [0.05, 0.1) is 37.7 Å². The van der Waals surface area contributed by atoms with Gasteiger partial charge in [-0.05, 0) is 30.3 Å². The Kier molecular flexibility index (Phi) is 5.36. The second-order valence-corrected chi connectivity index (χ2v) is 7.56. The zero-order chi connectivity index (χ0) is 22.1. The third kappa shape index (κ3) is 3.96. The van der Waals surface area contributed by atoms with E-state index in [1.54, 1.807) is 36.5 Å². The number of nitrogens with one attached hydrogen (secondary N) is 1. The number of fused-ring (bicyclic) bond motifs is 1. The number of hydrogen-bond acceptors (Lipinski definition) is 7. The highest BCUT2D eigenvalue weighted by Crippen LogP contribution is 2.28. The molecular weight excluding hydrogens is 419 g/mol. The monoisotopic (exact) mass is 440 g/mol. The van der Waals surface area contributed by atoms with Crippen LogP contribution in [0.4, 0.5) is 20.6 Å². The van der Waals surface area contributed by atoms with Crippen molar-refractivity contribution in [1.82, 2.24) is 10.3 Å². The fraction of sp³-hybridized carbons (Fsp3) is 0.318. The highest BCUT2D eigenvalue weighted by Gasteiger charge is 2.33. The number of rotatable bonds is 5. The van der Waals surface area contributed by atoms with Crippen molar-refractivity contribution in [3.8, 4) is 0 Å². The van der Waals surface area contributed by atoms with Gasteiger partial charge in [0.2, 0.25) is 0 Å². The summed E-state index contributed by atoms with van der Waals surface area (Å²) >= 11 is 0. The number of cyclic esters (lactones) is 1. The Bertz CT molecular complexity index is 1130. The van der Waals surface area contributed by atoms with E-state index in [9.17, 15) is 14.0 Å². The van der Waals surface area contributed by atoms with E-state index in [-0.39, 0.29) is 18.8 Å². The Morgan fingerprint density at radius 3 is 2.84 bits per heavy atom. The third-order valence-electron chi connectivity index (χ3n) is 5.47. The molecule has 2 amide bonds. The number of benzene rings is 1. The van der Waals surface area contributed by atoms with Crippen LogP contribution in [0.25, 0.3) is 11.1 Å². The highest BCUT2D eigenvalue weighted by atomic mass is 19.1. The Balaban J connectivity index is 1.21. The van der Waals surface area contributed by atoms with Crippen molar-refractivity contribution >= 4 is 34.5 Å². The van der Waals surface area contributed by atoms with E-state index in [1.807, 2.05) is 4.90 Å². The van der Waals surface area contributed by atoms with E-state index in [1.165, 1.54) is 11.0 Å². The average molecular weight is 440 g/mol. The zero-order valence-corrected chi connectivity index (χ0v) is 17.1. The summed E-state index contributed by atoms with van der Waals surface area (Å²) < 4.78 is 30.8. The molecule has 0 unspecified atom stereocenters. The van der Waals surface area contributed by atoms with Gasteiger partial charge in [-0.2, -0.15) is 0 Å². The first-order chi connectivity index (χ1) is 15.6. The highest BCUT2D eigenvalue weighted by molar-refractivity contribution is 5.95. The van der Waals surface area contributed by atoms with Gasteiger partial charge in [0.1, 0.15) is 17.4 Å². The summed E-state index contributed by atoms with van der Waals surface area (Å²) in [6.07, 6.45) is 0.453. The molecule has 9 nitrogen and oxygen atoms in total. The smallest absolute Gasteiger partial charge is 0.414 e. The summed E-state index contributed by atoms with van der Waals surface area (Å²) in [4.78, 5) is 32.1. The fourth-order valence-corrected chi connectivity index (χ4v) is 3.84. The minimum atomic E-state index is -0.587. The van der Waals surface area contributed by atoms with Crippen molar-refractivity contribution in [2.45, 2.75) is 6.10 Å². The molecule has 1 atom stereocenters. The number of halogens is 1. The lowest BCUT2D eigenvalue weighted by Gasteiger charge is -2.29. The van der Waals surface area contributed by atoms with Crippen LogP contribution in [-0.2, 0) is 9.47 Å². The van der Waals surface area contributed by atoms with E-state index >= 15 is 0 Å². The second-order valence-electron chi connectivity index (χ2n) is 7.56. The van der Waals surface area contributed by atoms with E-state index < -0.39 is 23.9 Å². The molecule has 3 aromatic rings. The number of pyridine rings is 1. The molecule has 1 aromatic carbocycles. The summed E-state index contributed by atoms with van der Waals surface area (Å²) in [7, 11) is 0. The van der Waals surface area contributed by atoms with E-state index in [4.69, 9.17) is 13.9 Å².